The van der Waals surface area contributed by atoms with Gasteiger partial charge in [0.25, 0.3) is 0 Å². The summed E-state index contributed by atoms with van der Waals surface area (Å²) in [4.78, 5) is 13.0. The van der Waals surface area contributed by atoms with Crippen molar-refractivity contribution in [2.75, 3.05) is 19.7 Å². The number of hydrogen-bond acceptors (Lipinski definition) is 3. The van der Waals surface area contributed by atoms with Gasteiger partial charge in [0.05, 0.1) is 25.7 Å². The first-order valence-corrected chi connectivity index (χ1v) is 6.88. The minimum Gasteiger partial charge on any atom is -0.463 e. The molecular formula is C13H24NO3+. The average molecular weight is 242 g/mol. The van der Waals surface area contributed by atoms with Crippen LogP contribution in [0.25, 0.3) is 0 Å². The summed E-state index contributed by atoms with van der Waals surface area (Å²) in [5, 5.41) is 9.10. The summed E-state index contributed by atoms with van der Waals surface area (Å²) in [5.41, 5.74) is 0. The predicted molar refractivity (Wildman–Crippen MR) is 63.7 cm³/mol. The number of aliphatic hydroxyl groups is 1. The molecule has 0 amide bonds. The van der Waals surface area contributed by atoms with Crippen LogP contribution >= 0.6 is 0 Å². The molecule has 2 aliphatic rings. The van der Waals surface area contributed by atoms with Crippen molar-refractivity contribution in [3.05, 3.63) is 0 Å². The van der Waals surface area contributed by atoms with Crippen LogP contribution in [0.15, 0.2) is 0 Å². The van der Waals surface area contributed by atoms with E-state index < -0.39 is 12.1 Å². The molecule has 98 valence electrons. The van der Waals surface area contributed by atoms with Gasteiger partial charge in [-0.05, 0) is 39.0 Å². The molecule has 17 heavy (non-hydrogen) atoms. The molecule has 2 aliphatic heterocycles. The van der Waals surface area contributed by atoms with Crippen LogP contribution in [0.4, 0.5) is 0 Å². The van der Waals surface area contributed by atoms with E-state index in [1.165, 1.54) is 52.1 Å². The second kappa shape index (κ2) is 5.83. The lowest BCUT2D eigenvalue weighted by atomic mass is 9.84. The van der Waals surface area contributed by atoms with Crippen molar-refractivity contribution in [2.45, 2.75) is 51.2 Å². The Hall–Kier alpha value is -0.610. The van der Waals surface area contributed by atoms with E-state index in [0.717, 1.165) is 0 Å². The van der Waals surface area contributed by atoms with Crippen LogP contribution in [-0.2, 0) is 9.53 Å². The maximum Gasteiger partial charge on any atom is 0.334 e. The minimum absolute atomic E-state index is 0.479. The van der Waals surface area contributed by atoms with Gasteiger partial charge in [-0.1, -0.05) is 0 Å². The fourth-order valence-corrected chi connectivity index (χ4v) is 3.29. The second-order valence-electron chi connectivity index (χ2n) is 5.47. The molecule has 4 atom stereocenters. The third kappa shape index (κ3) is 3.19. The summed E-state index contributed by atoms with van der Waals surface area (Å²) in [5.74, 6) is 0.0229. The molecule has 0 aromatic heterocycles. The largest absolute Gasteiger partial charge is 0.463 e. The Morgan fingerprint density at radius 1 is 1.35 bits per heavy atom. The van der Waals surface area contributed by atoms with Crippen LogP contribution in [0.2, 0.25) is 0 Å². The number of aliphatic hydroxyl groups excluding tert-OH is 1. The molecule has 0 spiro atoms. The molecule has 2 heterocycles. The first-order chi connectivity index (χ1) is 8.18. The molecule has 1 unspecified atom stereocenters. The van der Waals surface area contributed by atoms with Gasteiger partial charge < -0.3 is 14.7 Å². The molecule has 0 aromatic rings. The molecule has 4 heteroatoms. The fraction of sp³-hybridized carbons (Fsp3) is 0.923. The van der Waals surface area contributed by atoms with Crippen LogP contribution < -0.4 is 4.90 Å². The molecule has 4 nitrogen and oxygen atoms in total. The Kier molecular flexibility index (Phi) is 4.40. The van der Waals surface area contributed by atoms with Crippen molar-refractivity contribution in [3.63, 3.8) is 0 Å². The molecule has 2 fully saturated rings. The molecule has 0 radical (unpaired) electrons. The summed E-state index contributed by atoms with van der Waals surface area (Å²) >= 11 is 0. The first-order valence-electron chi connectivity index (χ1n) is 6.88. The molecule has 2 N–H and O–H groups in total. The van der Waals surface area contributed by atoms with E-state index in [9.17, 15) is 4.79 Å². The SMILES string of the molecule is C[C@@H](O)C(=O)OC[C@@H]1CCC[NH+]2CCCC[C@@H]12. The smallest absolute Gasteiger partial charge is 0.334 e. The number of ether oxygens (including phenoxy) is 1. The summed E-state index contributed by atoms with van der Waals surface area (Å²) in [6, 6.07) is 0.680. The summed E-state index contributed by atoms with van der Waals surface area (Å²) in [6.07, 6.45) is 5.34. The number of carbonyl (C=O) groups excluding carboxylic acids is 1. The van der Waals surface area contributed by atoms with Gasteiger partial charge in [0.15, 0.2) is 0 Å². The topological polar surface area (TPSA) is 51.0 Å². The highest BCUT2D eigenvalue weighted by molar-refractivity contribution is 5.73. The van der Waals surface area contributed by atoms with Crippen molar-refractivity contribution < 1.29 is 19.5 Å². The van der Waals surface area contributed by atoms with Gasteiger partial charge in [-0.25, -0.2) is 4.79 Å². The number of piperidine rings is 2. The van der Waals surface area contributed by atoms with Gasteiger partial charge in [0.1, 0.15) is 6.10 Å². The number of carbonyl (C=O) groups is 1. The molecular weight excluding hydrogens is 218 g/mol. The maximum absolute atomic E-state index is 11.3. The van der Waals surface area contributed by atoms with Gasteiger partial charge in [-0.3, -0.25) is 0 Å². The van der Waals surface area contributed by atoms with Crippen LogP contribution in [0.1, 0.15) is 39.0 Å². The van der Waals surface area contributed by atoms with E-state index in [4.69, 9.17) is 9.84 Å². The van der Waals surface area contributed by atoms with Crippen molar-refractivity contribution in [1.29, 1.82) is 0 Å². The molecule has 0 saturated carbocycles. The van der Waals surface area contributed by atoms with E-state index in [1.54, 1.807) is 4.90 Å². The maximum atomic E-state index is 11.3. The van der Waals surface area contributed by atoms with Gasteiger partial charge in [0, 0.05) is 5.92 Å². The van der Waals surface area contributed by atoms with Crippen molar-refractivity contribution in [3.8, 4) is 0 Å². The number of esters is 1. The Morgan fingerprint density at radius 2 is 2.12 bits per heavy atom. The zero-order chi connectivity index (χ0) is 12.3. The number of hydrogen-bond donors (Lipinski definition) is 2. The molecule has 2 rings (SSSR count). The number of quaternary nitrogens is 1. The van der Waals surface area contributed by atoms with E-state index in [1.807, 2.05) is 0 Å². The van der Waals surface area contributed by atoms with Gasteiger partial charge in [-0.15, -0.1) is 0 Å². The summed E-state index contributed by atoms with van der Waals surface area (Å²) < 4.78 is 5.19. The highest BCUT2D eigenvalue weighted by Gasteiger charge is 2.37. The Morgan fingerprint density at radius 3 is 2.88 bits per heavy atom. The van der Waals surface area contributed by atoms with Gasteiger partial charge in [0.2, 0.25) is 0 Å². The first kappa shape index (κ1) is 12.8. The Balaban J connectivity index is 1.84. The molecule has 0 aliphatic carbocycles. The lowest BCUT2D eigenvalue weighted by molar-refractivity contribution is -0.940. The lowest BCUT2D eigenvalue weighted by Gasteiger charge is -2.41. The Labute approximate surface area is 103 Å². The van der Waals surface area contributed by atoms with E-state index in [-0.39, 0.29) is 0 Å². The average Bonchev–Trinajstić information content (AvgIpc) is 2.35. The highest BCUT2D eigenvalue weighted by Crippen LogP contribution is 2.20. The van der Waals surface area contributed by atoms with Crippen molar-refractivity contribution in [1.82, 2.24) is 0 Å². The highest BCUT2D eigenvalue weighted by atomic mass is 16.5. The zero-order valence-corrected chi connectivity index (χ0v) is 10.7. The summed E-state index contributed by atoms with van der Waals surface area (Å²) in [6.45, 7) is 4.52. The molecule has 0 aromatic carbocycles. The number of nitrogens with one attached hydrogen (secondary N) is 1. The van der Waals surface area contributed by atoms with Crippen molar-refractivity contribution >= 4 is 5.97 Å². The van der Waals surface area contributed by atoms with Crippen LogP contribution in [0.3, 0.4) is 0 Å². The fourth-order valence-electron chi connectivity index (χ4n) is 3.29. The normalized spacial score (nSPS) is 34.8. The standard InChI is InChI=1S/C13H23NO3/c1-10(15)13(16)17-9-11-5-4-8-14-7-3-2-6-12(11)14/h10-12,15H,2-9H2,1H3/p+1/t10-,11+,12+/m1/s1. The van der Waals surface area contributed by atoms with E-state index >= 15 is 0 Å². The van der Waals surface area contributed by atoms with E-state index in [0.29, 0.717) is 18.6 Å². The quantitative estimate of drug-likeness (QED) is 0.672. The summed E-state index contributed by atoms with van der Waals surface area (Å²) in [7, 11) is 0. The van der Waals surface area contributed by atoms with Gasteiger partial charge >= 0.3 is 5.97 Å². The van der Waals surface area contributed by atoms with Crippen LogP contribution in [-0.4, -0.2) is 42.9 Å². The predicted octanol–water partition coefficient (Wildman–Crippen LogP) is -0.242. The van der Waals surface area contributed by atoms with Crippen LogP contribution in [0, 0.1) is 5.92 Å². The third-order valence-corrected chi connectivity index (χ3v) is 4.21. The molecule has 0 bridgehead atoms. The van der Waals surface area contributed by atoms with Crippen molar-refractivity contribution in [2.24, 2.45) is 5.92 Å². The number of rotatable bonds is 3. The third-order valence-electron chi connectivity index (χ3n) is 4.21. The van der Waals surface area contributed by atoms with E-state index in [2.05, 4.69) is 0 Å². The van der Waals surface area contributed by atoms with Crippen LogP contribution in [0.5, 0.6) is 0 Å². The minimum atomic E-state index is -0.992. The van der Waals surface area contributed by atoms with Gasteiger partial charge in [-0.2, -0.15) is 0 Å². The second-order valence-corrected chi connectivity index (χ2v) is 5.47. The lowest BCUT2D eigenvalue weighted by Crippen LogP contribution is -3.18. The zero-order valence-electron chi connectivity index (χ0n) is 10.7. The molecule has 2 saturated heterocycles. The Bertz CT molecular complexity index is 265. The monoisotopic (exact) mass is 242 g/mol. The number of fused-ring (bicyclic) bond motifs is 1.